The molecule has 0 saturated heterocycles. The van der Waals surface area contributed by atoms with Crippen LogP contribution >= 0.6 is 11.6 Å². The first-order valence-corrected chi connectivity index (χ1v) is 8.53. The van der Waals surface area contributed by atoms with Crippen molar-refractivity contribution in [2.24, 2.45) is 0 Å². The predicted octanol–water partition coefficient (Wildman–Crippen LogP) is 1.93. The number of halogens is 1. The normalized spacial score (nSPS) is 10.3. The van der Waals surface area contributed by atoms with Crippen molar-refractivity contribution in [3.8, 4) is 11.8 Å². The lowest BCUT2D eigenvalue weighted by Crippen LogP contribution is -2.42. The van der Waals surface area contributed by atoms with Crippen molar-refractivity contribution in [2.45, 2.75) is 13.5 Å². The minimum atomic E-state index is -0.781. The summed E-state index contributed by atoms with van der Waals surface area (Å²) >= 11 is 5.86. The standard InChI is InChI=1S/C19H14ClN5O3/c1-12(26)22-15-3-2-4-16(9-15)25-19(28)24(18(27)17(10-21)23-25)11-13-5-7-14(20)8-6-13/h2-9H,11H2,1H3,(H,22,26). The van der Waals surface area contributed by atoms with Gasteiger partial charge in [-0.1, -0.05) is 29.8 Å². The number of rotatable bonds is 4. The lowest BCUT2D eigenvalue weighted by molar-refractivity contribution is -0.114. The molecule has 0 aliphatic heterocycles. The minimum Gasteiger partial charge on any atom is -0.326 e. The molecule has 3 rings (SSSR count). The Labute approximate surface area is 164 Å². The van der Waals surface area contributed by atoms with Crippen molar-refractivity contribution in [3.05, 3.63) is 85.6 Å². The maximum atomic E-state index is 12.9. The molecule has 0 atom stereocenters. The number of nitrogens with zero attached hydrogens (tertiary/aromatic N) is 4. The summed E-state index contributed by atoms with van der Waals surface area (Å²) in [5, 5.41) is 16.3. The number of hydrogen-bond donors (Lipinski definition) is 1. The smallest absolute Gasteiger partial charge is 0.326 e. The van der Waals surface area contributed by atoms with Crippen LogP contribution < -0.4 is 16.6 Å². The summed E-state index contributed by atoms with van der Waals surface area (Å²) in [4.78, 5) is 36.6. The van der Waals surface area contributed by atoms with Crippen LogP contribution in [0.4, 0.5) is 5.69 Å². The van der Waals surface area contributed by atoms with E-state index in [9.17, 15) is 19.6 Å². The fourth-order valence-electron chi connectivity index (χ4n) is 2.58. The first-order chi connectivity index (χ1) is 13.4. The molecule has 140 valence electrons. The van der Waals surface area contributed by atoms with Crippen LogP contribution in [0.15, 0.2) is 58.1 Å². The zero-order valence-corrected chi connectivity index (χ0v) is 15.5. The molecule has 28 heavy (non-hydrogen) atoms. The number of hydrogen-bond acceptors (Lipinski definition) is 5. The molecular weight excluding hydrogens is 382 g/mol. The van der Waals surface area contributed by atoms with E-state index in [-0.39, 0.29) is 12.5 Å². The van der Waals surface area contributed by atoms with E-state index in [0.29, 0.717) is 22.0 Å². The van der Waals surface area contributed by atoms with E-state index in [1.54, 1.807) is 48.5 Å². The van der Waals surface area contributed by atoms with E-state index in [1.807, 2.05) is 0 Å². The fraction of sp³-hybridized carbons (Fsp3) is 0.105. The van der Waals surface area contributed by atoms with Crippen LogP contribution in [-0.4, -0.2) is 20.3 Å². The van der Waals surface area contributed by atoms with Crippen LogP contribution in [0.5, 0.6) is 0 Å². The van der Waals surface area contributed by atoms with Crippen LogP contribution in [0.2, 0.25) is 5.02 Å². The summed E-state index contributed by atoms with van der Waals surface area (Å²) in [6.45, 7) is 1.31. The number of nitrogens with one attached hydrogen (secondary N) is 1. The molecule has 0 saturated carbocycles. The highest BCUT2D eigenvalue weighted by atomic mass is 35.5. The number of carbonyl (C=O) groups excluding carboxylic acids is 1. The lowest BCUT2D eigenvalue weighted by atomic mass is 10.2. The van der Waals surface area contributed by atoms with Crippen molar-refractivity contribution in [2.75, 3.05) is 5.32 Å². The monoisotopic (exact) mass is 395 g/mol. The predicted molar refractivity (Wildman–Crippen MR) is 104 cm³/mol. The van der Waals surface area contributed by atoms with Gasteiger partial charge in [-0.25, -0.2) is 4.79 Å². The second-order valence-corrected chi connectivity index (χ2v) is 6.34. The number of anilines is 1. The summed E-state index contributed by atoms with van der Waals surface area (Å²) in [7, 11) is 0. The molecule has 3 aromatic rings. The van der Waals surface area contributed by atoms with Crippen LogP contribution in [-0.2, 0) is 11.3 Å². The van der Waals surface area contributed by atoms with E-state index in [2.05, 4.69) is 10.4 Å². The van der Waals surface area contributed by atoms with Crippen molar-refractivity contribution < 1.29 is 4.79 Å². The van der Waals surface area contributed by atoms with Crippen molar-refractivity contribution >= 4 is 23.2 Å². The average Bonchev–Trinajstić information content (AvgIpc) is 2.66. The van der Waals surface area contributed by atoms with Gasteiger partial charge in [0.2, 0.25) is 11.6 Å². The van der Waals surface area contributed by atoms with Crippen molar-refractivity contribution in [3.63, 3.8) is 0 Å². The third-order valence-electron chi connectivity index (χ3n) is 3.83. The Balaban J connectivity index is 2.14. The SMILES string of the molecule is CC(=O)Nc1cccc(-n2nc(C#N)c(=O)n(Cc3ccc(Cl)cc3)c2=O)c1. The van der Waals surface area contributed by atoms with Gasteiger partial charge in [0.15, 0.2) is 0 Å². The molecule has 1 amide bonds. The fourth-order valence-corrected chi connectivity index (χ4v) is 2.71. The van der Waals surface area contributed by atoms with E-state index >= 15 is 0 Å². The van der Waals surface area contributed by atoms with E-state index in [1.165, 1.54) is 13.0 Å². The molecule has 0 bridgehead atoms. The van der Waals surface area contributed by atoms with Gasteiger partial charge in [-0.15, -0.1) is 5.10 Å². The highest BCUT2D eigenvalue weighted by molar-refractivity contribution is 6.30. The Morgan fingerprint density at radius 2 is 1.93 bits per heavy atom. The molecule has 0 aliphatic carbocycles. The second-order valence-electron chi connectivity index (χ2n) is 5.90. The molecule has 0 spiro atoms. The zero-order chi connectivity index (χ0) is 20.3. The maximum absolute atomic E-state index is 12.9. The van der Waals surface area contributed by atoms with Gasteiger partial charge in [0.1, 0.15) is 6.07 Å². The topological polar surface area (TPSA) is 110 Å². The second kappa shape index (κ2) is 7.90. The zero-order valence-electron chi connectivity index (χ0n) is 14.7. The summed E-state index contributed by atoms with van der Waals surface area (Å²) < 4.78 is 1.89. The first kappa shape index (κ1) is 19.1. The van der Waals surface area contributed by atoms with Crippen LogP contribution in [0.1, 0.15) is 18.2 Å². The summed E-state index contributed by atoms with van der Waals surface area (Å²) in [5.74, 6) is -0.275. The molecule has 1 N–H and O–H groups in total. The van der Waals surface area contributed by atoms with Gasteiger partial charge < -0.3 is 5.32 Å². The van der Waals surface area contributed by atoms with Crippen LogP contribution in [0.25, 0.3) is 5.69 Å². The molecular formula is C19H14ClN5O3. The third-order valence-corrected chi connectivity index (χ3v) is 4.08. The molecule has 8 nitrogen and oxygen atoms in total. The minimum absolute atomic E-state index is 0.0442. The van der Waals surface area contributed by atoms with Crippen molar-refractivity contribution in [1.82, 2.24) is 14.3 Å². The Morgan fingerprint density at radius 1 is 1.21 bits per heavy atom. The Kier molecular flexibility index (Phi) is 5.38. The Bertz CT molecular complexity index is 1210. The van der Waals surface area contributed by atoms with Gasteiger partial charge in [-0.2, -0.15) is 9.94 Å². The highest BCUT2D eigenvalue weighted by Gasteiger charge is 2.15. The summed E-state index contributed by atoms with van der Waals surface area (Å²) in [5.41, 5.74) is -0.489. The molecule has 9 heteroatoms. The van der Waals surface area contributed by atoms with Gasteiger partial charge in [-0.05, 0) is 35.9 Å². The number of carbonyl (C=O) groups is 1. The van der Waals surface area contributed by atoms with Gasteiger partial charge in [0.05, 0.1) is 12.2 Å². The molecule has 1 aromatic heterocycles. The number of amides is 1. The third kappa shape index (κ3) is 4.00. The van der Waals surface area contributed by atoms with Gasteiger partial charge in [-0.3, -0.25) is 14.2 Å². The Hall–Kier alpha value is -3.70. The van der Waals surface area contributed by atoms with Crippen LogP contribution in [0, 0.1) is 11.3 Å². The first-order valence-electron chi connectivity index (χ1n) is 8.16. The summed E-state index contributed by atoms with van der Waals surface area (Å²) in [6.07, 6.45) is 0. The highest BCUT2D eigenvalue weighted by Crippen LogP contribution is 2.13. The molecule has 0 radical (unpaired) electrons. The molecule has 0 fully saturated rings. The van der Waals surface area contributed by atoms with E-state index in [4.69, 9.17) is 11.6 Å². The van der Waals surface area contributed by atoms with Gasteiger partial charge >= 0.3 is 5.69 Å². The maximum Gasteiger partial charge on any atom is 0.352 e. The number of benzene rings is 2. The Morgan fingerprint density at radius 3 is 2.57 bits per heavy atom. The molecule has 0 unspecified atom stereocenters. The van der Waals surface area contributed by atoms with Gasteiger partial charge in [0, 0.05) is 17.6 Å². The molecule has 1 heterocycles. The lowest BCUT2D eigenvalue weighted by Gasteiger charge is -2.11. The largest absolute Gasteiger partial charge is 0.352 e. The van der Waals surface area contributed by atoms with Gasteiger partial charge in [0.25, 0.3) is 5.56 Å². The number of aromatic nitrogens is 3. The number of nitriles is 1. The molecule has 0 aliphatic rings. The van der Waals surface area contributed by atoms with Crippen molar-refractivity contribution in [1.29, 1.82) is 5.26 Å². The van der Waals surface area contributed by atoms with E-state index in [0.717, 1.165) is 9.25 Å². The van der Waals surface area contributed by atoms with Crippen LogP contribution in [0.3, 0.4) is 0 Å². The average molecular weight is 396 g/mol. The molecule has 2 aromatic carbocycles. The van der Waals surface area contributed by atoms with E-state index < -0.39 is 16.9 Å². The quantitative estimate of drug-likeness (QED) is 0.725. The summed E-state index contributed by atoms with van der Waals surface area (Å²) in [6, 6.07) is 14.7.